The topological polar surface area (TPSA) is 54.4 Å². The summed E-state index contributed by atoms with van der Waals surface area (Å²) < 4.78 is 51.9. The fraction of sp³-hybridized carbons (Fsp3) is 0.368. The van der Waals surface area contributed by atoms with Gasteiger partial charge in [0.25, 0.3) is 0 Å². The average Bonchev–Trinajstić information content (AvgIpc) is 3.02. The summed E-state index contributed by atoms with van der Waals surface area (Å²) in [7, 11) is -3.43. The maximum absolute atomic E-state index is 13.8. The van der Waals surface area contributed by atoms with Crippen molar-refractivity contribution in [2.75, 3.05) is 12.4 Å². The molecule has 0 aliphatic heterocycles. The van der Waals surface area contributed by atoms with E-state index in [1.165, 1.54) is 36.4 Å². The van der Waals surface area contributed by atoms with Crippen LogP contribution in [0.1, 0.15) is 19.3 Å². The fourth-order valence-electron chi connectivity index (χ4n) is 3.47. The van der Waals surface area contributed by atoms with Crippen LogP contribution in [0.25, 0.3) is 11.1 Å². The summed E-state index contributed by atoms with van der Waals surface area (Å²) in [5, 5.41) is 9.17. The standard InChI is InChI=1S/C19H20F2O3S/c20-16-5-8-18(19(21)10-16)15-3-6-17(7-4-15)25(23,24)12-14-2-1-13(9-14)11-22/h3-8,10,13-14,22H,1-2,9,11-12H2/t13-,14+/m1/s1. The highest BCUT2D eigenvalue weighted by Gasteiger charge is 2.29. The quantitative estimate of drug-likeness (QED) is 0.875. The van der Waals surface area contributed by atoms with Crippen molar-refractivity contribution in [3.63, 3.8) is 0 Å². The van der Waals surface area contributed by atoms with Crippen LogP contribution in [-0.2, 0) is 9.84 Å². The molecule has 1 aliphatic carbocycles. The van der Waals surface area contributed by atoms with Gasteiger partial charge in [0.05, 0.1) is 10.6 Å². The van der Waals surface area contributed by atoms with E-state index in [1.807, 2.05) is 0 Å². The normalized spacial score (nSPS) is 20.8. The Labute approximate surface area is 146 Å². The summed E-state index contributed by atoms with van der Waals surface area (Å²) in [4.78, 5) is 0.200. The lowest BCUT2D eigenvalue weighted by Crippen LogP contribution is -2.15. The van der Waals surface area contributed by atoms with E-state index in [9.17, 15) is 22.3 Å². The highest BCUT2D eigenvalue weighted by Crippen LogP contribution is 2.33. The van der Waals surface area contributed by atoms with Gasteiger partial charge in [-0.1, -0.05) is 12.1 Å². The van der Waals surface area contributed by atoms with Gasteiger partial charge in [-0.3, -0.25) is 0 Å². The van der Waals surface area contributed by atoms with Gasteiger partial charge in [-0.15, -0.1) is 0 Å². The van der Waals surface area contributed by atoms with Gasteiger partial charge in [-0.2, -0.15) is 0 Å². The molecule has 0 saturated heterocycles. The van der Waals surface area contributed by atoms with E-state index in [2.05, 4.69) is 0 Å². The second kappa shape index (κ2) is 7.22. The van der Waals surface area contributed by atoms with Gasteiger partial charge in [0.2, 0.25) is 0 Å². The van der Waals surface area contributed by atoms with Crippen LogP contribution in [0.15, 0.2) is 47.4 Å². The molecule has 0 amide bonds. The molecule has 0 heterocycles. The van der Waals surface area contributed by atoms with Gasteiger partial charge >= 0.3 is 0 Å². The molecule has 0 bridgehead atoms. The van der Waals surface area contributed by atoms with Gasteiger partial charge in [-0.25, -0.2) is 17.2 Å². The molecule has 3 nitrogen and oxygen atoms in total. The molecule has 1 N–H and O–H groups in total. The van der Waals surface area contributed by atoms with Crippen molar-refractivity contribution in [3.05, 3.63) is 54.1 Å². The first-order valence-electron chi connectivity index (χ1n) is 8.28. The van der Waals surface area contributed by atoms with E-state index in [0.29, 0.717) is 5.56 Å². The summed E-state index contributed by atoms with van der Waals surface area (Å²) in [5.41, 5.74) is 0.726. The Bertz CT molecular complexity index is 847. The second-order valence-corrected chi connectivity index (χ2v) is 8.69. The number of aliphatic hydroxyl groups is 1. The van der Waals surface area contributed by atoms with Gasteiger partial charge in [0.1, 0.15) is 11.6 Å². The monoisotopic (exact) mass is 366 g/mol. The van der Waals surface area contributed by atoms with Crippen molar-refractivity contribution < 1.29 is 22.3 Å². The van der Waals surface area contributed by atoms with Crippen molar-refractivity contribution in [1.29, 1.82) is 0 Å². The molecule has 1 saturated carbocycles. The minimum Gasteiger partial charge on any atom is -0.396 e. The molecule has 25 heavy (non-hydrogen) atoms. The fourth-order valence-corrected chi connectivity index (χ4v) is 5.13. The van der Waals surface area contributed by atoms with Crippen LogP contribution in [0.2, 0.25) is 0 Å². The summed E-state index contributed by atoms with van der Waals surface area (Å²) in [5.74, 6) is -1.01. The van der Waals surface area contributed by atoms with Crippen molar-refractivity contribution in [2.24, 2.45) is 11.8 Å². The molecule has 2 aromatic carbocycles. The molecule has 3 rings (SSSR count). The van der Waals surface area contributed by atoms with Crippen LogP contribution >= 0.6 is 0 Å². The highest BCUT2D eigenvalue weighted by molar-refractivity contribution is 7.91. The van der Waals surface area contributed by atoms with Crippen LogP contribution in [-0.4, -0.2) is 25.9 Å². The average molecular weight is 366 g/mol. The number of hydrogen-bond acceptors (Lipinski definition) is 3. The largest absolute Gasteiger partial charge is 0.396 e. The van der Waals surface area contributed by atoms with Gasteiger partial charge in [0.15, 0.2) is 9.84 Å². The maximum Gasteiger partial charge on any atom is 0.178 e. The third kappa shape index (κ3) is 4.07. The number of benzene rings is 2. The SMILES string of the molecule is O=S(=O)(C[C@H]1CC[C@@H](CO)C1)c1ccc(-c2ccc(F)cc2F)cc1. The van der Waals surface area contributed by atoms with Gasteiger partial charge < -0.3 is 5.11 Å². The minimum absolute atomic E-state index is 0.0633. The van der Waals surface area contributed by atoms with Crippen molar-refractivity contribution in [1.82, 2.24) is 0 Å². The van der Waals surface area contributed by atoms with E-state index in [-0.39, 0.29) is 34.7 Å². The predicted molar refractivity (Wildman–Crippen MR) is 91.8 cm³/mol. The molecule has 2 atom stereocenters. The molecular weight excluding hydrogens is 346 g/mol. The van der Waals surface area contributed by atoms with Crippen molar-refractivity contribution in [2.45, 2.75) is 24.2 Å². The molecule has 0 radical (unpaired) electrons. The molecule has 6 heteroatoms. The summed E-state index contributed by atoms with van der Waals surface area (Å²) in [6.07, 6.45) is 2.40. The van der Waals surface area contributed by atoms with Crippen molar-refractivity contribution >= 4 is 9.84 Å². The molecule has 1 aliphatic rings. The zero-order valence-electron chi connectivity index (χ0n) is 13.7. The number of halogens is 2. The molecule has 1 fully saturated rings. The number of aliphatic hydroxyl groups excluding tert-OH is 1. The van der Waals surface area contributed by atoms with E-state index >= 15 is 0 Å². The number of sulfone groups is 1. The van der Waals surface area contributed by atoms with E-state index in [4.69, 9.17) is 0 Å². The number of rotatable bonds is 5. The Morgan fingerprint density at radius 1 is 1.00 bits per heavy atom. The lowest BCUT2D eigenvalue weighted by atomic mass is 10.1. The zero-order valence-corrected chi connectivity index (χ0v) is 14.5. The Kier molecular flexibility index (Phi) is 5.20. The summed E-state index contributed by atoms with van der Waals surface area (Å²) in [6.45, 7) is 0.106. The van der Waals surface area contributed by atoms with Crippen LogP contribution in [0.3, 0.4) is 0 Å². The van der Waals surface area contributed by atoms with Crippen LogP contribution in [0.5, 0.6) is 0 Å². The summed E-state index contributed by atoms with van der Waals surface area (Å²) in [6, 6.07) is 9.31. The minimum atomic E-state index is -3.43. The predicted octanol–water partition coefficient (Wildman–Crippen LogP) is 3.81. The smallest absolute Gasteiger partial charge is 0.178 e. The Balaban J connectivity index is 1.77. The Morgan fingerprint density at radius 3 is 2.28 bits per heavy atom. The highest BCUT2D eigenvalue weighted by atomic mass is 32.2. The van der Waals surface area contributed by atoms with Crippen molar-refractivity contribution in [3.8, 4) is 11.1 Å². The lowest BCUT2D eigenvalue weighted by Gasteiger charge is -2.12. The van der Waals surface area contributed by atoms with E-state index < -0.39 is 21.5 Å². The zero-order chi connectivity index (χ0) is 18.0. The maximum atomic E-state index is 13.8. The third-order valence-corrected chi connectivity index (χ3v) is 6.72. The third-order valence-electron chi connectivity index (χ3n) is 4.82. The first kappa shape index (κ1) is 18.0. The first-order valence-corrected chi connectivity index (χ1v) is 9.93. The Hall–Kier alpha value is -1.79. The lowest BCUT2D eigenvalue weighted by molar-refractivity contribution is 0.227. The van der Waals surface area contributed by atoms with Gasteiger partial charge in [0, 0.05) is 18.2 Å². The van der Waals surface area contributed by atoms with E-state index in [1.54, 1.807) is 0 Å². The molecular formula is C19H20F2O3S. The Morgan fingerprint density at radius 2 is 1.68 bits per heavy atom. The molecule has 0 unspecified atom stereocenters. The van der Waals surface area contributed by atoms with Crippen LogP contribution in [0, 0.1) is 23.5 Å². The van der Waals surface area contributed by atoms with Gasteiger partial charge in [-0.05, 0) is 60.9 Å². The molecule has 0 aromatic heterocycles. The summed E-state index contributed by atoms with van der Waals surface area (Å²) >= 11 is 0. The molecule has 0 spiro atoms. The van der Waals surface area contributed by atoms with E-state index in [0.717, 1.165) is 25.3 Å². The molecule has 2 aromatic rings. The molecule has 134 valence electrons. The van der Waals surface area contributed by atoms with Crippen LogP contribution < -0.4 is 0 Å². The van der Waals surface area contributed by atoms with Crippen LogP contribution in [0.4, 0.5) is 8.78 Å². The number of hydrogen-bond donors (Lipinski definition) is 1. The first-order chi connectivity index (χ1) is 11.9. The second-order valence-electron chi connectivity index (χ2n) is 6.66.